The lowest BCUT2D eigenvalue weighted by atomic mass is 9.94. The molecule has 0 spiro atoms. The van der Waals surface area contributed by atoms with E-state index in [2.05, 4.69) is 334 Å². The average molecular weight is 1150 g/mol. The number of aromatic nitrogens is 2. The summed E-state index contributed by atoms with van der Waals surface area (Å²) < 4.78 is 4.81. The lowest BCUT2D eigenvalue weighted by molar-refractivity contribution is 1.18. The minimum Gasteiger partial charge on any atom is -0.309 e. The van der Waals surface area contributed by atoms with Crippen molar-refractivity contribution >= 4 is 77.6 Å². The van der Waals surface area contributed by atoms with Gasteiger partial charge in [0, 0.05) is 66.6 Å². The molecule has 0 N–H and O–H groups in total. The van der Waals surface area contributed by atoms with Gasteiger partial charge in [0.1, 0.15) is 0 Å². The van der Waals surface area contributed by atoms with Gasteiger partial charge in [-0.25, -0.2) is 0 Å². The molecule has 4 heteroatoms. The third-order valence-corrected chi connectivity index (χ3v) is 17.8. The van der Waals surface area contributed by atoms with Gasteiger partial charge in [0.25, 0.3) is 0 Å². The fraction of sp³-hybridized carbons (Fsp3) is 0.0465. The van der Waals surface area contributed by atoms with Gasteiger partial charge in [0.2, 0.25) is 0 Å². The lowest BCUT2D eigenvalue weighted by Crippen LogP contribution is -1.98. The zero-order valence-corrected chi connectivity index (χ0v) is 50.6. The van der Waals surface area contributed by atoms with Crippen LogP contribution in [0.25, 0.3) is 111 Å². The number of benzene rings is 12. The minimum absolute atomic E-state index is 0.860. The van der Waals surface area contributed by atoms with E-state index in [9.17, 15) is 0 Å². The number of nitrogens with zero attached hydrogens (tertiary/aromatic N) is 4. The summed E-state index contributed by atoms with van der Waals surface area (Å²) in [6.07, 6.45) is 7.39. The quantitative estimate of drug-likeness (QED) is 0.0768. The molecule has 0 saturated carbocycles. The Hall–Kier alpha value is -11.5. The molecule has 0 radical (unpaired) electrons. The van der Waals surface area contributed by atoms with E-state index in [1.165, 1.54) is 60.5 Å². The zero-order valence-electron chi connectivity index (χ0n) is 50.6. The molecule has 0 fully saturated rings. The van der Waals surface area contributed by atoms with Crippen LogP contribution in [0.4, 0.5) is 0 Å². The summed E-state index contributed by atoms with van der Waals surface area (Å²) in [7, 11) is 0. The molecule has 4 nitrogen and oxygen atoms in total. The first-order valence-corrected chi connectivity index (χ1v) is 31.0. The highest BCUT2D eigenvalue weighted by Crippen LogP contribution is 2.45. The topological polar surface area (TPSA) is 34.6 Å². The van der Waals surface area contributed by atoms with Gasteiger partial charge in [-0.15, -0.1) is 0 Å². The summed E-state index contributed by atoms with van der Waals surface area (Å²) in [5.41, 5.74) is 28.9. The maximum absolute atomic E-state index is 5.54. The Morgan fingerprint density at radius 1 is 0.367 bits per heavy atom. The summed E-state index contributed by atoms with van der Waals surface area (Å²) >= 11 is 0. The van der Waals surface area contributed by atoms with Gasteiger partial charge < -0.3 is 9.13 Å². The maximum Gasteiger partial charge on any atom is 0.0711 e. The number of hydrogen-bond donors (Lipinski definition) is 0. The van der Waals surface area contributed by atoms with Crippen molar-refractivity contribution in [1.29, 1.82) is 0 Å². The molecule has 0 atom stereocenters. The van der Waals surface area contributed by atoms with E-state index in [1.54, 1.807) is 0 Å². The highest BCUT2D eigenvalue weighted by atomic mass is 15.0. The fourth-order valence-electron chi connectivity index (χ4n) is 13.4. The Balaban J connectivity index is 0.835. The zero-order chi connectivity index (χ0) is 60.7. The first-order chi connectivity index (χ1) is 44.3. The van der Waals surface area contributed by atoms with Gasteiger partial charge in [-0.3, -0.25) is 9.98 Å². The second-order valence-electron chi connectivity index (χ2n) is 23.3. The summed E-state index contributed by atoms with van der Waals surface area (Å²) in [4.78, 5) is 11.0. The Kier molecular flexibility index (Phi) is 14.5. The third kappa shape index (κ3) is 10.2. The number of fused-ring (bicyclic) bond motifs is 9. The number of para-hydroxylation sites is 2. The predicted octanol–water partition coefficient (Wildman–Crippen LogP) is 22.3. The molecule has 90 heavy (non-hydrogen) atoms. The summed E-state index contributed by atoms with van der Waals surface area (Å²) in [5.74, 6) is 0. The number of rotatable bonds is 14. The highest BCUT2D eigenvalue weighted by Gasteiger charge is 2.24. The van der Waals surface area contributed by atoms with Crippen LogP contribution in [0.2, 0.25) is 0 Å². The van der Waals surface area contributed by atoms with Crippen molar-refractivity contribution in [2.75, 3.05) is 0 Å². The van der Waals surface area contributed by atoms with Gasteiger partial charge in [-0.1, -0.05) is 231 Å². The lowest BCUT2D eigenvalue weighted by Gasteiger charge is -2.11. The second-order valence-corrected chi connectivity index (χ2v) is 23.3. The molecule has 0 amide bonds. The van der Waals surface area contributed by atoms with Crippen LogP contribution in [0, 0.1) is 0 Å². The van der Waals surface area contributed by atoms with Gasteiger partial charge in [0.05, 0.1) is 33.5 Å². The smallest absolute Gasteiger partial charge is 0.0711 e. The Morgan fingerprint density at radius 3 is 1.18 bits per heavy atom. The van der Waals surface area contributed by atoms with Gasteiger partial charge in [-0.05, 0) is 179 Å². The Labute approximate surface area is 526 Å². The molecule has 428 valence electrons. The van der Waals surface area contributed by atoms with E-state index in [0.29, 0.717) is 0 Å². The van der Waals surface area contributed by atoms with Crippen molar-refractivity contribution < 1.29 is 0 Å². The number of allylic oxidation sites excluding steroid dienone is 5. The van der Waals surface area contributed by atoms with Gasteiger partial charge in [-0.2, -0.15) is 0 Å². The summed E-state index contributed by atoms with van der Waals surface area (Å²) in [6, 6.07) is 105. The van der Waals surface area contributed by atoms with Crippen LogP contribution in [0.1, 0.15) is 65.3 Å². The van der Waals surface area contributed by atoms with Crippen LogP contribution in [0.15, 0.2) is 326 Å². The molecule has 1 aliphatic carbocycles. The predicted molar refractivity (Wildman–Crippen MR) is 383 cm³/mol. The Morgan fingerprint density at radius 2 is 0.744 bits per heavy atom. The van der Waals surface area contributed by atoms with E-state index >= 15 is 0 Å². The molecule has 15 rings (SSSR count). The van der Waals surface area contributed by atoms with E-state index in [1.807, 2.05) is 12.1 Å². The van der Waals surface area contributed by atoms with Crippen LogP contribution in [-0.4, -0.2) is 20.6 Å². The molecule has 0 bridgehead atoms. The van der Waals surface area contributed by atoms with Crippen LogP contribution in [-0.2, 0) is 6.42 Å². The largest absolute Gasteiger partial charge is 0.309 e. The number of hydrogen-bond acceptors (Lipinski definition) is 2. The van der Waals surface area contributed by atoms with E-state index < -0.39 is 0 Å². The van der Waals surface area contributed by atoms with E-state index in [-0.39, 0.29) is 0 Å². The molecule has 2 heterocycles. The molecular formula is C86H64N4. The summed E-state index contributed by atoms with van der Waals surface area (Å²) in [6.45, 7) is 10.9. The standard InChI is InChI=1S/C86H64N4/c1-5-60(62-28-14-7-15-29-62)56-80(64-32-18-9-19-33-64)88-59(4)74-39-25-41-84-86(74)78-55-68(47-49-82(78)90(84)72-36-22-11-23-37-72)66-43-45-70-51-69-44-42-65(52-75(69)76(70)53-66)67-46-48-81-77(54-67)85-73(38-24-40-83(85)89(81)71-34-20-10-21-35-71)58(3)87-79(63-30-16-8-17-31-63)50-57(2)61-26-12-6-13-27-61/h5-50,52-56H,2,51H2,1,3-4H3/b60-5-,79-50-,80-56-,87-58?,88-59?. The van der Waals surface area contributed by atoms with Crippen LogP contribution in [0.5, 0.6) is 0 Å². The molecule has 0 aliphatic heterocycles. The minimum atomic E-state index is 0.860. The monoisotopic (exact) mass is 1150 g/mol. The first kappa shape index (κ1) is 55.1. The van der Waals surface area contributed by atoms with E-state index in [0.717, 1.165) is 113 Å². The molecular weight excluding hydrogens is 1090 g/mol. The van der Waals surface area contributed by atoms with Crippen molar-refractivity contribution in [3.05, 3.63) is 361 Å². The summed E-state index contributed by atoms with van der Waals surface area (Å²) in [5, 5.41) is 4.69. The Bertz CT molecular complexity index is 5250. The molecule has 12 aromatic carbocycles. The number of aliphatic imine (C=N–C) groups is 2. The fourth-order valence-corrected chi connectivity index (χ4v) is 13.4. The first-order valence-electron chi connectivity index (χ1n) is 31.0. The van der Waals surface area contributed by atoms with Crippen molar-refractivity contribution in [3.8, 4) is 44.8 Å². The SMILES string of the molecule is C=C(/C=C(\N=C(C)c1cccc2c1c1cc(-c3ccc4c(c3)-c3cc(-c5ccc6c(c5)c5c(C(C)=N/C(=C\C(=C\C)c7ccccc7)c7ccccc7)cccc5n6-c5ccccc5)ccc3C4)ccc1n2-c1ccccc1)c1ccccc1)c1ccccc1. The van der Waals surface area contributed by atoms with Crippen LogP contribution < -0.4 is 0 Å². The van der Waals surface area contributed by atoms with Gasteiger partial charge >= 0.3 is 0 Å². The van der Waals surface area contributed by atoms with Crippen molar-refractivity contribution in [1.82, 2.24) is 9.13 Å². The van der Waals surface area contributed by atoms with E-state index in [4.69, 9.17) is 9.98 Å². The van der Waals surface area contributed by atoms with Crippen LogP contribution >= 0.6 is 0 Å². The van der Waals surface area contributed by atoms with Crippen molar-refractivity contribution in [2.24, 2.45) is 9.98 Å². The molecule has 2 aromatic heterocycles. The van der Waals surface area contributed by atoms with Crippen LogP contribution in [0.3, 0.4) is 0 Å². The molecule has 0 unspecified atom stereocenters. The second kappa shape index (κ2) is 23.7. The normalized spacial score (nSPS) is 12.9. The highest BCUT2D eigenvalue weighted by molar-refractivity contribution is 6.23. The third-order valence-electron chi connectivity index (χ3n) is 17.8. The molecule has 1 aliphatic rings. The van der Waals surface area contributed by atoms with Gasteiger partial charge in [0.15, 0.2) is 0 Å². The molecule has 0 saturated heterocycles. The van der Waals surface area contributed by atoms with Crippen molar-refractivity contribution in [3.63, 3.8) is 0 Å². The maximum atomic E-state index is 5.54. The van der Waals surface area contributed by atoms with Crippen molar-refractivity contribution in [2.45, 2.75) is 27.2 Å². The average Bonchev–Trinajstić information content (AvgIpc) is 1.89. The molecule has 14 aromatic rings.